The number of aryl methyl sites for hydroxylation is 1. The highest BCUT2D eigenvalue weighted by Crippen LogP contribution is 2.27. The molecular weight excluding hydrogens is 260 g/mol. The maximum Gasteiger partial charge on any atom is 0.321 e. The second-order valence-electron chi connectivity index (χ2n) is 5.44. The van der Waals surface area contributed by atoms with Crippen LogP contribution in [0.25, 0.3) is 0 Å². The van der Waals surface area contributed by atoms with Gasteiger partial charge in [-0.05, 0) is 42.5 Å². The predicted molar refractivity (Wildman–Crippen MR) is 85.8 cm³/mol. The van der Waals surface area contributed by atoms with Crippen LogP contribution in [0.5, 0.6) is 0 Å². The van der Waals surface area contributed by atoms with Crippen LogP contribution >= 0.6 is 0 Å². The highest BCUT2D eigenvalue weighted by molar-refractivity contribution is 5.94. The molecule has 0 radical (unpaired) electrons. The number of carbonyl (C=O) groups is 1. The Morgan fingerprint density at radius 1 is 1.14 bits per heavy atom. The van der Waals surface area contributed by atoms with Crippen LogP contribution in [0, 0.1) is 6.92 Å². The van der Waals surface area contributed by atoms with Gasteiger partial charge in [-0.25, -0.2) is 4.79 Å². The van der Waals surface area contributed by atoms with Crippen LogP contribution in [0.3, 0.4) is 0 Å². The fourth-order valence-corrected chi connectivity index (χ4v) is 2.84. The number of carbonyl (C=O) groups excluding carboxylic acids is 1. The molecule has 2 amide bonds. The summed E-state index contributed by atoms with van der Waals surface area (Å²) >= 11 is 0. The third kappa shape index (κ3) is 2.92. The van der Waals surface area contributed by atoms with Crippen molar-refractivity contribution in [2.75, 3.05) is 18.0 Å². The fraction of sp³-hybridized carbons (Fsp3) is 0.278. The van der Waals surface area contributed by atoms with Gasteiger partial charge in [-0.2, -0.15) is 0 Å². The van der Waals surface area contributed by atoms with E-state index in [4.69, 9.17) is 0 Å². The van der Waals surface area contributed by atoms with Crippen LogP contribution in [0.1, 0.15) is 16.7 Å². The van der Waals surface area contributed by atoms with Crippen molar-refractivity contribution in [3.63, 3.8) is 0 Å². The van der Waals surface area contributed by atoms with Gasteiger partial charge < -0.3 is 5.32 Å². The SMILES string of the molecule is Cc1ccccc1CCNC(=O)N1CCc2ccccc21. The monoisotopic (exact) mass is 280 g/mol. The molecule has 0 fully saturated rings. The average molecular weight is 280 g/mol. The van der Waals surface area contributed by atoms with E-state index in [1.807, 2.05) is 35.2 Å². The maximum absolute atomic E-state index is 12.3. The molecule has 3 rings (SSSR count). The number of benzene rings is 2. The number of nitrogens with zero attached hydrogens (tertiary/aromatic N) is 1. The van der Waals surface area contributed by atoms with E-state index in [1.54, 1.807) is 0 Å². The van der Waals surface area contributed by atoms with Gasteiger partial charge in [-0.15, -0.1) is 0 Å². The molecule has 0 aliphatic carbocycles. The molecule has 3 heteroatoms. The fourth-order valence-electron chi connectivity index (χ4n) is 2.84. The summed E-state index contributed by atoms with van der Waals surface area (Å²) < 4.78 is 0. The first kappa shape index (κ1) is 13.7. The van der Waals surface area contributed by atoms with Crippen molar-refractivity contribution in [2.45, 2.75) is 19.8 Å². The number of hydrogen-bond acceptors (Lipinski definition) is 1. The van der Waals surface area contributed by atoms with Gasteiger partial charge in [-0.1, -0.05) is 42.5 Å². The Morgan fingerprint density at radius 2 is 1.90 bits per heavy atom. The van der Waals surface area contributed by atoms with Gasteiger partial charge in [0.25, 0.3) is 0 Å². The lowest BCUT2D eigenvalue weighted by Crippen LogP contribution is -2.39. The van der Waals surface area contributed by atoms with Crippen molar-refractivity contribution in [3.05, 3.63) is 65.2 Å². The lowest BCUT2D eigenvalue weighted by Gasteiger charge is -2.18. The number of rotatable bonds is 3. The summed E-state index contributed by atoms with van der Waals surface area (Å²) in [7, 11) is 0. The Labute approximate surface area is 125 Å². The summed E-state index contributed by atoms with van der Waals surface area (Å²) in [4.78, 5) is 14.1. The van der Waals surface area contributed by atoms with E-state index in [2.05, 4.69) is 30.4 Å². The summed E-state index contributed by atoms with van der Waals surface area (Å²) in [5, 5.41) is 3.03. The van der Waals surface area contributed by atoms with Crippen molar-refractivity contribution in [3.8, 4) is 0 Å². The van der Waals surface area contributed by atoms with E-state index in [0.717, 1.165) is 25.1 Å². The molecule has 0 aromatic heterocycles. The molecule has 1 aliphatic rings. The van der Waals surface area contributed by atoms with Crippen LogP contribution in [-0.4, -0.2) is 19.1 Å². The number of hydrogen-bond donors (Lipinski definition) is 1. The summed E-state index contributed by atoms with van der Waals surface area (Å²) in [5.41, 5.74) is 4.87. The minimum atomic E-state index is 0.00790. The second kappa shape index (κ2) is 6.00. The zero-order chi connectivity index (χ0) is 14.7. The molecule has 108 valence electrons. The smallest absolute Gasteiger partial charge is 0.321 e. The van der Waals surface area contributed by atoms with Crippen molar-refractivity contribution >= 4 is 11.7 Å². The number of amides is 2. The molecule has 1 N–H and O–H groups in total. The highest BCUT2D eigenvalue weighted by atomic mass is 16.2. The Kier molecular flexibility index (Phi) is 3.91. The Hall–Kier alpha value is -2.29. The molecule has 2 aromatic rings. The molecule has 0 atom stereocenters. The Balaban J connectivity index is 1.57. The molecule has 1 aliphatic heterocycles. The van der Waals surface area contributed by atoms with Gasteiger partial charge in [0.1, 0.15) is 0 Å². The summed E-state index contributed by atoms with van der Waals surface area (Å²) in [6.45, 7) is 3.55. The largest absolute Gasteiger partial charge is 0.337 e. The first-order valence-corrected chi connectivity index (χ1v) is 7.43. The topological polar surface area (TPSA) is 32.3 Å². The van der Waals surface area contributed by atoms with Crippen LogP contribution in [0.2, 0.25) is 0 Å². The van der Waals surface area contributed by atoms with Gasteiger partial charge >= 0.3 is 6.03 Å². The molecule has 2 aromatic carbocycles. The van der Waals surface area contributed by atoms with Gasteiger partial charge in [0.05, 0.1) is 0 Å². The average Bonchev–Trinajstić information content (AvgIpc) is 2.93. The molecule has 0 unspecified atom stereocenters. The first-order chi connectivity index (χ1) is 10.3. The summed E-state index contributed by atoms with van der Waals surface area (Å²) in [6, 6.07) is 16.4. The van der Waals surface area contributed by atoms with E-state index in [1.165, 1.54) is 16.7 Å². The number of nitrogens with one attached hydrogen (secondary N) is 1. The van der Waals surface area contributed by atoms with E-state index < -0.39 is 0 Å². The number of para-hydroxylation sites is 1. The number of urea groups is 1. The van der Waals surface area contributed by atoms with Gasteiger partial charge in [-0.3, -0.25) is 4.90 Å². The van der Waals surface area contributed by atoms with Crippen LogP contribution in [-0.2, 0) is 12.8 Å². The van der Waals surface area contributed by atoms with Gasteiger partial charge in [0.15, 0.2) is 0 Å². The van der Waals surface area contributed by atoms with Crippen molar-refractivity contribution in [1.29, 1.82) is 0 Å². The second-order valence-corrected chi connectivity index (χ2v) is 5.44. The van der Waals surface area contributed by atoms with Crippen LogP contribution in [0.15, 0.2) is 48.5 Å². The molecule has 1 heterocycles. The van der Waals surface area contributed by atoms with E-state index in [0.29, 0.717) is 6.54 Å². The van der Waals surface area contributed by atoms with Crippen LogP contribution < -0.4 is 10.2 Å². The third-order valence-electron chi connectivity index (χ3n) is 4.06. The van der Waals surface area contributed by atoms with Gasteiger partial charge in [0.2, 0.25) is 0 Å². The van der Waals surface area contributed by atoms with E-state index in [-0.39, 0.29) is 6.03 Å². The summed E-state index contributed by atoms with van der Waals surface area (Å²) in [5.74, 6) is 0. The normalized spacial score (nSPS) is 13.1. The Morgan fingerprint density at radius 3 is 2.76 bits per heavy atom. The lowest BCUT2D eigenvalue weighted by molar-refractivity contribution is 0.247. The first-order valence-electron chi connectivity index (χ1n) is 7.43. The molecule has 21 heavy (non-hydrogen) atoms. The lowest BCUT2D eigenvalue weighted by atomic mass is 10.1. The van der Waals surface area contributed by atoms with Crippen LogP contribution in [0.4, 0.5) is 10.5 Å². The van der Waals surface area contributed by atoms with E-state index in [9.17, 15) is 4.79 Å². The van der Waals surface area contributed by atoms with Crippen molar-refractivity contribution in [1.82, 2.24) is 5.32 Å². The molecule has 3 nitrogen and oxygen atoms in total. The number of fused-ring (bicyclic) bond motifs is 1. The molecule has 0 bridgehead atoms. The van der Waals surface area contributed by atoms with Crippen molar-refractivity contribution in [2.24, 2.45) is 0 Å². The molecule has 0 saturated carbocycles. The zero-order valence-electron chi connectivity index (χ0n) is 12.3. The third-order valence-corrected chi connectivity index (χ3v) is 4.06. The van der Waals surface area contributed by atoms with Gasteiger partial charge in [0, 0.05) is 18.8 Å². The zero-order valence-corrected chi connectivity index (χ0v) is 12.3. The summed E-state index contributed by atoms with van der Waals surface area (Å²) in [6.07, 6.45) is 1.81. The molecule has 0 spiro atoms. The van der Waals surface area contributed by atoms with Crippen molar-refractivity contribution < 1.29 is 4.79 Å². The quantitative estimate of drug-likeness (QED) is 0.919. The minimum absolute atomic E-state index is 0.00790. The molecule has 0 saturated heterocycles. The number of anilines is 1. The molecular formula is C18H20N2O. The standard InChI is InChI=1S/C18H20N2O/c1-14-6-2-3-7-15(14)10-12-19-18(21)20-13-11-16-8-4-5-9-17(16)20/h2-9H,10-13H2,1H3,(H,19,21). The van der Waals surface area contributed by atoms with E-state index >= 15 is 0 Å². The Bertz CT molecular complexity index is 651. The highest BCUT2D eigenvalue weighted by Gasteiger charge is 2.23. The minimum Gasteiger partial charge on any atom is -0.337 e. The predicted octanol–water partition coefficient (Wildman–Crippen LogP) is 3.31. The maximum atomic E-state index is 12.3.